The zero-order valence-electron chi connectivity index (χ0n) is 15.5. The Kier molecular flexibility index (Phi) is 7.14. The van der Waals surface area contributed by atoms with Crippen LogP contribution in [0.5, 0.6) is 5.75 Å². The average molecular weight is 384 g/mol. The Morgan fingerprint density at radius 3 is 2.50 bits per heavy atom. The van der Waals surface area contributed by atoms with Gasteiger partial charge in [-0.1, -0.05) is 17.7 Å². The van der Waals surface area contributed by atoms with E-state index >= 15 is 0 Å². The topological polar surface area (TPSA) is 65.1 Å². The van der Waals surface area contributed by atoms with E-state index in [0.717, 1.165) is 0 Å². The van der Waals surface area contributed by atoms with Crippen molar-refractivity contribution in [1.29, 1.82) is 0 Å². The van der Waals surface area contributed by atoms with E-state index in [-0.39, 0.29) is 31.2 Å². The zero-order chi connectivity index (χ0) is 19.2. The lowest BCUT2D eigenvalue weighted by atomic mass is 9.97. The third kappa shape index (κ3) is 6.75. The molecule has 0 bridgehead atoms. The highest BCUT2D eigenvalue weighted by molar-refractivity contribution is 6.30. The molecule has 6 nitrogen and oxygen atoms in total. The Hall–Kier alpha value is -1.95. The second-order valence-corrected chi connectivity index (χ2v) is 7.65. The van der Waals surface area contributed by atoms with Crippen molar-refractivity contribution < 1.29 is 23.8 Å². The van der Waals surface area contributed by atoms with Gasteiger partial charge in [-0.05, 0) is 51.8 Å². The number of halogens is 1. The first-order chi connectivity index (χ1) is 12.2. The lowest BCUT2D eigenvalue weighted by Gasteiger charge is -2.32. The number of carbonyl (C=O) groups is 2. The molecule has 1 aliphatic rings. The van der Waals surface area contributed by atoms with Gasteiger partial charge in [-0.2, -0.15) is 0 Å². The van der Waals surface area contributed by atoms with Crippen LogP contribution in [0.15, 0.2) is 24.3 Å². The molecule has 26 heavy (non-hydrogen) atoms. The maximum absolute atomic E-state index is 12.1. The van der Waals surface area contributed by atoms with Gasteiger partial charge in [0.05, 0.1) is 5.92 Å². The minimum atomic E-state index is -0.518. The molecule has 1 aliphatic heterocycles. The van der Waals surface area contributed by atoms with Crippen molar-refractivity contribution in [1.82, 2.24) is 4.90 Å². The number of amides is 1. The molecule has 2 rings (SSSR count). The number of benzene rings is 1. The number of hydrogen-bond donors (Lipinski definition) is 0. The Bertz CT molecular complexity index is 621. The highest BCUT2D eigenvalue weighted by Gasteiger charge is 2.30. The van der Waals surface area contributed by atoms with Gasteiger partial charge >= 0.3 is 12.1 Å². The predicted octanol–water partition coefficient (Wildman–Crippen LogP) is 3.91. The average Bonchev–Trinajstić information content (AvgIpc) is 2.57. The molecule has 0 aromatic heterocycles. The zero-order valence-corrected chi connectivity index (χ0v) is 16.3. The number of piperidine rings is 1. The fraction of sp³-hybridized carbons (Fsp3) is 0.579. The number of ether oxygens (including phenoxy) is 3. The van der Waals surface area contributed by atoms with Crippen LogP contribution in [0, 0.1) is 5.92 Å². The molecule has 0 spiro atoms. The van der Waals surface area contributed by atoms with E-state index in [1.54, 1.807) is 29.2 Å². The van der Waals surface area contributed by atoms with Crippen LogP contribution in [0.3, 0.4) is 0 Å². The molecule has 1 fully saturated rings. The third-order valence-corrected chi connectivity index (χ3v) is 4.11. The van der Waals surface area contributed by atoms with E-state index in [9.17, 15) is 9.59 Å². The molecule has 0 saturated carbocycles. The minimum absolute atomic E-state index is 0.178. The summed E-state index contributed by atoms with van der Waals surface area (Å²) in [5.41, 5.74) is -0.518. The van der Waals surface area contributed by atoms with Crippen LogP contribution < -0.4 is 4.74 Å². The SMILES string of the molecule is CC(C)(C)OC(=O)N1CCC(C(=O)OCCOc2cccc(Cl)c2)CC1. The third-order valence-electron chi connectivity index (χ3n) is 3.87. The van der Waals surface area contributed by atoms with Crippen molar-refractivity contribution in [2.24, 2.45) is 5.92 Å². The first kappa shape index (κ1) is 20.4. The second-order valence-electron chi connectivity index (χ2n) is 7.21. The number of nitrogens with zero attached hydrogens (tertiary/aromatic N) is 1. The molecule has 1 heterocycles. The first-order valence-corrected chi connectivity index (χ1v) is 9.15. The van der Waals surface area contributed by atoms with E-state index in [2.05, 4.69) is 0 Å². The van der Waals surface area contributed by atoms with E-state index in [1.165, 1.54) is 0 Å². The van der Waals surface area contributed by atoms with Gasteiger partial charge in [0.25, 0.3) is 0 Å². The number of carbonyl (C=O) groups excluding carboxylic acids is 2. The summed E-state index contributed by atoms with van der Waals surface area (Å²) in [6.07, 6.45) is 0.819. The van der Waals surface area contributed by atoms with Crippen molar-refractivity contribution in [2.75, 3.05) is 26.3 Å². The van der Waals surface area contributed by atoms with Gasteiger partial charge in [-0.3, -0.25) is 4.79 Å². The molecule has 0 unspecified atom stereocenters. The van der Waals surface area contributed by atoms with Crippen LogP contribution in [-0.4, -0.2) is 48.9 Å². The molecular weight excluding hydrogens is 358 g/mol. The molecule has 1 amide bonds. The maximum atomic E-state index is 12.1. The van der Waals surface area contributed by atoms with Crippen LogP contribution in [0.4, 0.5) is 4.79 Å². The number of esters is 1. The molecule has 7 heteroatoms. The van der Waals surface area contributed by atoms with Gasteiger partial charge in [0.15, 0.2) is 0 Å². The Labute approximate surface area is 159 Å². The van der Waals surface area contributed by atoms with Gasteiger partial charge in [0.1, 0.15) is 24.6 Å². The number of likely N-dealkylation sites (tertiary alicyclic amines) is 1. The summed E-state index contributed by atoms with van der Waals surface area (Å²) < 4.78 is 16.1. The lowest BCUT2D eigenvalue weighted by Crippen LogP contribution is -2.43. The minimum Gasteiger partial charge on any atom is -0.490 e. The molecule has 0 radical (unpaired) electrons. The highest BCUT2D eigenvalue weighted by atomic mass is 35.5. The van der Waals surface area contributed by atoms with Crippen LogP contribution in [0.2, 0.25) is 5.02 Å². The standard InChI is InChI=1S/C19H26ClNO5/c1-19(2,3)26-18(23)21-9-7-14(8-10-21)17(22)25-12-11-24-16-6-4-5-15(20)13-16/h4-6,13-14H,7-12H2,1-3H3. The van der Waals surface area contributed by atoms with Gasteiger partial charge in [0.2, 0.25) is 0 Å². The van der Waals surface area contributed by atoms with E-state index < -0.39 is 5.60 Å². The smallest absolute Gasteiger partial charge is 0.410 e. The van der Waals surface area contributed by atoms with Crippen LogP contribution in [0.1, 0.15) is 33.6 Å². The summed E-state index contributed by atoms with van der Waals surface area (Å²) in [6.45, 7) is 6.93. The molecule has 0 atom stereocenters. The highest BCUT2D eigenvalue weighted by Crippen LogP contribution is 2.21. The monoisotopic (exact) mass is 383 g/mol. The Morgan fingerprint density at radius 1 is 1.19 bits per heavy atom. The van der Waals surface area contributed by atoms with E-state index in [1.807, 2.05) is 20.8 Å². The predicted molar refractivity (Wildman–Crippen MR) is 98.4 cm³/mol. The lowest BCUT2D eigenvalue weighted by molar-refractivity contribution is -0.150. The number of hydrogen-bond acceptors (Lipinski definition) is 5. The van der Waals surface area contributed by atoms with Crippen LogP contribution in [0.25, 0.3) is 0 Å². The van der Waals surface area contributed by atoms with E-state index in [4.69, 9.17) is 25.8 Å². The molecular formula is C19H26ClNO5. The van der Waals surface area contributed by atoms with Crippen LogP contribution in [-0.2, 0) is 14.3 Å². The van der Waals surface area contributed by atoms with Crippen molar-refractivity contribution in [3.05, 3.63) is 29.3 Å². The fourth-order valence-electron chi connectivity index (χ4n) is 2.60. The van der Waals surface area contributed by atoms with E-state index in [0.29, 0.717) is 36.7 Å². The first-order valence-electron chi connectivity index (χ1n) is 8.77. The quantitative estimate of drug-likeness (QED) is 0.569. The summed E-state index contributed by atoms with van der Waals surface area (Å²) in [7, 11) is 0. The van der Waals surface area contributed by atoms with Crippen LogP contribution >= 0.6 is 11.6 Å². The molecule has 144 valence electrons. The maximum Gasteiger partial charge on any atom is 0.410 e. The van der Waals surface area contributed by atoms with Crippen molar-refractivity contribution in [2.45, 2.75) is 39.2 Å². The Morgan fingerprint density at radius 2 is 1.88 bits per heavy atom. The fourth-order valence-corrected chi connectivity index (χ4v) is 2.78. The van der Waals surface area contributed by atoms with Gasteiger partial charge in [0, 0.05) is 18.1 Å². The van der Waals surface area contributed by atoms with Crippen molar-refractivity contribution in [3.8, 4) is 5.75 Å². The molecule has 1 aromatic carbocycles. The largest absolute Gasteiger partial charge is 0.490 e. The number of rotatable bonds is 5. The molecule has 0 aliphatic carbocycles. The normalized spacial score (nSPS) is 15.5. The Balaban J connectivity index is 1.66. The molecule has 1 saturated heterocycles. The summed E-state index contributed by atoms with van der Waals surface area (Å²) >= 11 is 5.88. The van der Waals surface area contributed by atoms with Crippen molar-refractivity contribution in [3.63, 3.8) is 0 Å². The van der Waals surface area contributed by atoms with Crippen molar-refractivity contribution >= 4 is 23.7 Å². The van der Waals surface area contributed by atoms with Gasteiger partial charge in [-0.25, -0.2) is 4.79 Å². The molecule has 1 aromatic rings. The summed E-state index contributed by atoms with van der Waals surface area (Å²) in [5, 5.41) is 0.594. The summed E-state index contributed by atoms with van der Waals surface area (Å²) in [5.74, 6) is 0.197. The second kappa shape index (κ2) is 9.12. The molecule has 0 N–H and O–H groups in total. The van der Waals surface area contributed by atoms with Gasteiger partial charge < -0.3 is 19.1 Å². The summed E-state index contributed by atoms with van der Waals surface area (Å²) in [4.78, 5) is 25.8. The summed E-state index contributed by atoms with van der Waals surface area (Å²) in [6, 6.07) is 7.05. The van der Waals surface area contributed by atoms with Gasteiger partial charge in [-0.15, -0.1) is 0 Å².